The predicted octanol–water partition coefficient (Wildman–Crippen LogP) is 0.157. The van der Waals surface area contributed by atoms with Gasteiger partial charge in [0.1, 0.15) is 5.78 Å². The van der Waals surface area contributed by atoms with Gasteiger partial charge in [-0.15, -0.1) is 0 Å². The smallest absolute Gasteiger partial charge is 0.139 e. The summed E-state index contributed by atoms with van der Waals surface area (Å²) >= 11 is 0. The normalized spacial score (nSPS) is 26.0. The van der Waals surface area contributed by atoms with Gasteiger partial charge in [0.25, 0.3) is 0 Å². The fraction of sp³-hybridized carbons (Fsp3) is 0.750. The summed E-state index contributed by atoms with van der Waals surface area (Å²) < 4.78 is 0. The van der Waals surface area contributed by atoms with E-state index in [0.29, 0.717) is 27.1 Å². The maximum atomic E-state index is 10.4. The van der Waals surface area contributed by atoms with E-state index in [-0.39, 0.29) is 0 Å². The van der Waals surface area contributed by atoms with Gasteiger partial charge in [-0.2, -0.15) is 0 Å². The largest absolute Gasteiger partial charge is 0.299 e. The van der Waals surface area contributed by atoms with Gasteiger partial charge in [0.05, 0.1) is 0 Å². The highest BCUT2D eigenvalue weighted by atomic mass is 31.1. The van der Waals surface area contributed by atoms with Crippen LogP contribution < -0.4 is 5.09 Å². The van der Waals surface area contributed by atoms with E-state index in [4.69, 9.17) is 0 Å². The molecule has 1 atom stereocenters. The lowest BCUT2D eigenvalue weighted by atomic mass is 10.3. The highest BCUT2D eigenvalue weighted by Crippen LogP contribution is 2.11. The van der Waals surface area contributed by atoms with E-state index in [9.17, 15) is 4.79 Å². The summed E-state index contributed by atoms with van der Waals surface area (Å²) in [6.07, 6.45) is 1.40. The van der Waals surface area contributed by atoms with Crippen LogP contribution in [0.15, 0.2) is 0 Å². The van der Waals surface area contributed by atoms with Gasteiger partial charge in [0.2, 0.25) is 0 Å². The molecular formula is C4H7NOP. The van der Waals surface area contributed by atoms with Crippen LogP contribution in [-0.2, 0) is 4.79 Å². The molecule has 0 aromatic heterocycles. The number of hydrogen-bond donors (Lipinski definition) is 0. The topological polar surface area (TPSA) is 31.2 Å². The fourth-order valence-electron chi connectivity index (χ4n) is 0.492. The fourth-order valence-corrected chi connectivity index (χ4v) is 1.23. The molecule has 1 aliphatic heterocycles. The van der Waals surface area contributed by atoms with Gasteiger partial charge >= 0.3 is 0 Å². The first-order chi connectivity index (χ1) is 3.39. The van der Waals surface area contributed by atoms with Crippen LogP contribution in [0.4, 0.5) is 0 Å². The molecule has 2 nitrogen and oxygen atoms in total. The van der Waals surface area contributed by atoms with Crippen LogP contribution in [0.3, 0.4) is 0 Å². The lowest BCUT2D eigenvalue weighted by molar-refractivity contribution is -0.116. The molecule has 0 N–H and O–H groups in total. The number of carbonyl (C=O) groups is 1. The van der Waals surface area contributed by atoms with Crippen LogP contribution in [0.25, 0.3) is 0 Å². The van der Waals surface area contributed by atoms with Crippen LogP contribution in [0.2, 0.25) is 0 Å². The van der Waals surface area contributed by atoms with Crippen molar-refractivity contribution in [3.63, 3.8) is 0 Å². The minimum Gasteiger partial charge on any atom is -0.299 e. The van der Waals surface area contributed by atoms with Gasteiger partial charge < -0.3 is 0 Å². The summed E-state index contributed by atoms with van der Waals surface area (Å²) in [4.78, 5) is 10.4. The molecule has 1 unspecified atom stereocenters. The van der Waals surface area contributed by atoms with Gasteiger partial charge in [-0.05, 0) is 8.73 Å². The first-order valence-corrected chi connectivity index (χ1v) is 3.46. The highest BCUT2D eigenvalue weighted by Gasteiger charge is 2.06. The quantitative estimate of drug-likeness (QED) is 0.414. The summed E-state index contributed by atoms with van der Waals surface area (Å²) in [5.41, 5.74) is 0. The Balaban J connectivity index is 2.25. The second kappa shape index (κ2) is 2.39. The van der Waals surface area contributed by atoms with Crippen molar-refractivity contribution in [1.29, 1.82) is 0 Å². The van der Waals surface area contributed by atoms with Crippen molar-refractivity contribution in [2.75, 3.05) is 12.7 Å². The van der Waals surface area contributed by atoms with Gasteiger partial charge in [0, 0.05) is 19.1 Å². The molecular weight excluding hydrogens is 109 g/mol. The molecule has 0 aromatic rings. The Labute approximate surface area is 44.5 Å². The van der Waals surface area contributed by atoms with Crippen molar-refractivity contribution in [3.8, 4) is 0 Å². The van der Waals surface area contributed by atoms with Crippen molar-refractivity contribution in [2.24, 2.45) is 0 Å². The monoisotopic (exact) mass is 116 g/mol. The third-order valence-corrected chi connectivity index (χ3v) is 1.89. The maximum Gasteiger partial charge on any atom is 0.139 e. The van der Waals surface area contributed by atoms with Gasteiger partial charge in [-0.3, -0.25) is 4.79 Å². The third-order valence-electron chi connectivity index (χ3n) is 0.890. The standard InChI is InChI=1S/C4H7NOP/c6-4-1-2-5-7-3-4/h7H,1-3H2. The van der Waals surface area contributed by atoms with E-state index < -0.39 is 0 Å². The SMILES string of the molecule is O=C1CC[N]PC1. The van der Waals surface area contributed by atoms with Crippen molar-refractivity contribution < 1.29 is 4.79 Å². The van der Waals surface area contributed by atoms with Crippen LogP contribution >= 0.6 is 8.73 Å². The molecule has 0 bridgehead atoms. The molecule has 3 heteroatoms. The van der Waals surface area contributed by atoms with Crippen molar-refractivity contribution >= 4 is 14.5 Å². The Bertz CT molecular complexity index is 75.8. The number of nitrogens with zero attached hydrogens (tertiary/aromatic N) is 1. The molecule has 1 radical (unpaired) electrons. The molecule has 0 saturated carbocycles. The zero-order valence-electron chi connectivity index (χ0n) is 3.98. The second-order valence-corrected chi connectivity index (χ2v) is 2.49. The van der Waals surface area contributed by atoms with Crippen molar-refractivity contribution in [1.82, 2.24) is 5.09 Å². The summed E-state index contributed by atoms with van der Waals surface area (Å²) in [5.74, 6) is 0.383. The molecule has 0 amide bonds. The van der Waals surface area contributed by atoms with Crippen LogP contribution in [0.1, 0.15) is 6.42 Å². The van der Waals surface area contributed by atoms with E-state index >= 15 is 0 Å². The number of Topliss-reactive ketones (excluding diaryl/α,β-unsaturated/α-hetero) is 1. The Morgan fingerprint density at radius 2 is 2.57 bits per heavy atom. The highest BCUT2D eigenvalue weighted by molar-refractivity contribution is 7.36. The van der Waals surface area contributed by atoms with Gasteiger partial charge in [0.15, 0.2) is 0 Å². The number of hydrogen-bond acceptors (Lipinski definition) is 1. The van der Waals surface area contributed by atoms with Crippen LogP contribution in [-0.4, -0.2) is 18.5 Å². The maximum absolute atomic E-state index is 10.4. The summed E-state index contributed by atoms with van der Waals surface area (Å²) in [6.45, 7) is 0.775. The molecule has 1 fully saturated rings. The minimum absolute atomic E-state index is 0.383. The first kappa shape index (κ1) is 5.20. The van der Waals surface area contributed by atoms with Gasteiger partial charge in [-0.25, -0.2) is 5.09 Å². The third kappa shape index (κ3) is 1.54. The second-order valence-electron chi connectivity index (χ2n) is 1.51. The van der Waals surface area contributed by atoms with Gasteiger partial charge in [-0.1, -0.05) is 0 Å². The minimum atomic E-state index is 0.383. The van der Waals surface area contributed by atoms with Crippen molar-refractivity contribution in [2.45, 2.75) is 6.42 Å². The zero-order valence-corrected chi connectivity index (χ0v) is 4.98. The average Bonchev–Trinajstić information content (AvgIpc) is 1.69. The predicted molar refractivity (Wildman–Crippen MR) is 29.8 cm³/mol. The summed E-state index contributed by atoms with van der Waals surface area (Å²) in [6, 6.07) is 0. The Morgan fingerprint density at radius 3 is 2.86 bits per heavy atom. The molecule has 1 saturated heterocycles. The molecule has 1 heterocycles. The van der Waals surface area contributed by atoms with E-state index in [1.165, 1.54) is 0 Å². The Morgan fingerprint density at radius 1 is 1.71 bits per heavy atom. The summed E-state index contributed by atoms with van der Waals surface area (Å²) in [5, 5.41) is 4.03. The number of ketones is 1. The zero-order chi connectivity index (χ0) is 5.11. The molecule has 1 aliphatic rings. The van der Waals surface area contributed by atoms with Crippen LogP contribution in [0.5, 0.6) is 0 Å². The molecule has 7 heavy (non-hydrogen) atoms. The van der Waals surface area contributed by atoms with Crippen LogP contribution in [0, 0.1) is 0 Å². The number of carbonyl (C=O) groups excluding carboxylic acids is 1. The van der Waals surface area contributed by atoms with E-state index in [2.05, 4.69) is 5.09 Å². The average molecular weight is 116 g/mol. The lowest BCUT2D eigenvalue weighted by Gasteiger charge is -2.05. The van der Waals surface area contributed by atoms with Crippen molar-refractivity contribution in [3.05, 3.63) is 0 Å². The molecule has 0 spiro atoms. The molecule has 0 aromatic carbocycles. The lowest BCUT2D eigenvalue weighted by Crippen LogP contribution is -2.14. The van der Waals surface area contributed by atoms with E-state index in [0.717, 1.165) is 6.54 Å². The first-order valence-electron chi connectivity index (χ1n) is 2.30. The van der Waals surface area contributed by atoms with E-state index in [1.54, 1.807) is 0 Å². The number of rotatable bonds is 0. The Hall–Kier alpha value is 0.0600. The molecule has 39 valence electrons. The Kier molecular flexibility index (Phi) is 1.77. The summed E-state index contributed by atoms with van der Waals surface area (Å²) in [7, 11) is 0.557. The van der Waals surface area contributed by atoms with E-state index in [1.807, 2.05) is 0 Å². The molecule has 0 aliphatic carbocycles. The molecule has 1 rings (SSSR count).